The van der Waals surface area contributed by atoms with Crippen LogP contribution in [0.2, 0.25) is 0 Å². The molecule has 10 heteroatoms. The molecule has 0 atom stereocenters. The predicted octanol–water partition coefficient (Wildman–Crippen LogP) is 34.8. The second-order valence-electron chi connectivity index (χ2n) is 40.8. The summed E-state index contributed by atoms with van der Waals surface area (Å²) in [5.41, 5.74) is 45.9. The first-order valence-corrected chi connectivity index (χ1v) is 50.0. The van der Waals surface area contributed by atoms with E-state index >= 15 is 0 Å². The fraction of sp³-hybridized carbons (Fsp3) is 0.0667. The minimum absolute atomic E-state index is 0.0673. The van der Waals surface area contributed by atoms with Gasteiger partial charge in [0.2, 0.25) is 0 Å². The molecule has 0 radical (unpaired) electrons. The Balaban J connectivity index is 0.000000103. The summed E-state index contributed by atoms with van der Waals surface area (Å²) in [5.74, 6) is 0. The molecule has 0 N–H and O–H groups in total. The van der Waals surface area contributed by atoms with Crippen molar-refractivity contribution in [3.8, 4) is 106 Å². The SMILES string of the molecule is CC1(C)c2ccccc2-c2cc3c4ccccc4n(-c4ccc5oc6ccc(-c7cccc8ncc9cccnc9c78)cc6c5c4)c3cc21.CC1(C)c2ccccc2-c2cc3c4ccccc4n(-c4cccc(-c5cccc(-c6cccc7cnc8cccnc8c67)c5)c4)c3cc21.CC1(C)c2ccccc2-c2cc3c4ccccc4n(-c4cccc(-c5cccc(-c6cccc7ncc8cccnc8c67)c5)c4)c3cc21. The van der Waals surface area contributed by atoms with E-state index in [1.165, 1.54) is 154 Å². The molecule has 0 aliphatic heterocycles. The van der Waals surface area contributed by atoms with Crippen LogP contribution in [-0.4, -0.2) is 43.6 Å². The highest BCUT2D eigenvalue weighted by atomic mass is 16.3. The molecule has 10 aromatic heterocycles. The Morgan fingerprint density at radius 2 is 0.531 bits per heavy atom. The lowest BCUT2D eigenvalue weighted by atomic mass is 9.82. The Morgan fingerprint density at radius 1 is 0.193 bits per heavy atom. The second-order valence-corrected chi connectivity index (χ2v) is 40.8. The fourth-order valence-corrected chi connectivity index (χ4v) is 24.8. The zero-order valence-electron chi connectivity index (χ0n) is 80.6. The number of nitrogens with zero attached hydrogens (tertiary/aromatic N) is 9. The van der Waals surface area contributed by atoms with E-state index < -0.39 is 0 Å². The van der Waals surface area contributed by atoms with E-state index in [9.17, 15) is 0 Å². The predicted molar refractivity (Wildman–Crippen MR) is 601 cm³/mol. The molecular weight excluding hydrogens is 1760 g/mol. The molecular formula is C135H91N9O. The van der Waals surface area contributed by atoms with Crippen molar-refractivity contribution in [3.05, 3.63) is 477 Å². The molecule has 0 amide bonds. The first-order valence-electron chi connectivity index (χ1n) is 50.0. The van der Waals surface area contributed by atoms with Gasteiger partial charge in [0.1, 0.15) is 11.2 Å². The average molecular weight is 1860 g/mol. The van der Waals surface area contributed by atoms with Gasteiger partial charge in [0.15, 0.2) is 0 Å². The number of pyridine rings is 6. The second kappa shape index (κ2) is 31.8. The summed E-state index contributed by atoms with van der Waals surface area (Å²) in [4.78, 5) is 28.5. The van der Waals surface area contributed by atoms with E-state index in [0.717, 1.165) is 138 Å². The first kappa shape index (κ1) is 83.6. The maximum atomic E-state index is 6.44. The van der Waals surface area contributed by atoms with Crippen molar-refractivity contribution >= 4 is 153 Å². The van der Waals surface area contributed by atoms with Crippen molar-refractivity contribution in [2.24, 2.45) is 0 Å². The van der Waals surface area contributed by atoms with E-state index in [0.29, 0.717) is 0 Å². The Kier molecular flexibility index (Phi) is 18.3. The van der Waals surface area contributed by atoms with Crippen LogP contribution in [0.3, 0.4) is 0 Å². The molecule has 0 unspecified atom stereocenters. The van der Waals surface area contributed by atoms with Crippen LogP contribution in [0, 0.1) is 0 Å². The third-order valence-corrected chi connectivity index (χ3v) is 31.8. The summed E-state index contributed by atoms with van der Waals surface area (Å²) in [6.45, 7) is 14.1. The van der Waals surface area contributed by atoms with Crippen LogP contribution in [-0.2, 0) is 16.2 Å². The Labute approximate surface area is 835 Å². The third kappa shape index (κ3) is 12.8. The molecule has 28 aromatic rings. The molecule has 3 aliphatic rings. The van der Waals surface area contributed by atoms with Gasteiger partial charge in [-0.05, 0) is 292 Å². The van der Waals surface area contributed by atoms with Gasteiger partial charge in [-0.25, -0.2) is 0 Å². The summed E-state index contributed by atoms with van der Waals surface area (Å²) in [5, 5.41) is 16.3. The summed E-state index contributed by atoms with van der Waals surface area (Å²) in [7, 11) is 0. The number of hydrogen-bond donors (Lipinski definition) is 0. The number of rotatable bonds is 8. The molecule has 31 rings (SSSR count). The van der Waals surface area contributed by atoms with E-state index in [2.05, 4.69) is 442 Å². The topological polar surface area (TPSA) is 105 Å². The zero-order valence-corrected chi connectivity index (χ0v) is 80.6. The molecule has 3 aliphatic carbocycles. The van der Waals surface area contributed by atoms with E-state index in [4.69, 9.17) is 29.3 Å². The van der Waals surface area contributed by atoms with Crippen LogP contribution in [0.25, 0.3) is 259 Å². The number of fused-ring (bicyclic) bond motifs is 30. The van der Waals surface area contributed by atoms with Crippen molar-refractivity contribution in [2.45, 2.75) is 57.8 Å². The van der Waals surface area contributed by atoms with Gasteiger partial charge in [0, 0.05) is 146 Å². The Hall–Kier alpha value is -18.4. The highest BCUT2D eigenvalue weighted by Crippen LogP contribution is 2.56. The monoisotopic (exact) mass is 1850 g/mol. The summed E-state index contributed by atoms with van der Waals surface area (Å²) < 4.78 is 13.8. The molecule has 0 spiro atoms. The van der Waals surface area contributed by atoms with Gasteiger partial charge in [-0.2, -0.15) is 0 Å². The highest BCUT2D eigenvalue weighted by molar-refractivity contribution is 6.19. The molecule has 145 heavy (non-hydrogen) atoms. The number of benzene rings is 18. The minimum atomic E-state index is -0.0828. The smallest absolute Gasteiger partial charge is 0.135 e. The lowest BCUT2D eigenvalue weighted by molar-refractivity contribution is 0.661. The number of para-hydroxylation sites is 3. The molecule has 18 aromatic carbocycles. The number of furan rings is 1. The lowest BCUT2D eigenvalue weighted by Crippen LogP contribution is -2.14. The standard InChI is InChI=1S/C45H29N3O.2C45H31N3/c1-45(2)36-13-5-3-10-30(36)32-23-33-31-11-4-6-15-39(31)48(40(33)24-37(32)45)28-17-19-42-35(22-28)34-21-26(16-18-41(34)49-42)29-12-7-14-38-43(29)44-27(25-47-38)9-8-20-46-44;1-45(2)38-19-5-3-16-34(38)36-25-37-35-17-4-6-21-41(35)48(42(37)26-39(36)45)32-15-8-12-29(24-32)28-11-7-13-30(23-28)33-18-9-20-40-43(33)44-31(27-47-40)14-10-22-46-44;1-45(2)38-19-5-3-16-34(38)36-25-37-35-17-4-6-21-41(35)48(42(37)26-39(36)45)32-15-8-12-29(24-32)28-11-7-13-30(23-28)33-18-9-14-31-27-47-40-20-10-22-46-44(40)43(31)33/h3-25H,1-2H3;2*3-27H,1-2H3. The van der Waals surface area contributed by atoms with Gasteiger partial charge in [-0.1, -0.05) is 278 Å². The Bertz CT molecular complexity index is 10100. The highest BCUT2D eigenvalue weighted by Gasteiger charge is 2.40. The van der Waals surface area contributed by atoms with E-state index in [1.54, 1.807) is 0 Å². The van der Waals surface area contributed by atoms with Gasteiger partial charge in [0.05, 0.1) is 66.2 Å². The Morgan fingerprint density at radius 3 is 1.01 bits per heavy atom. The van der Waals surface area contributed by atoms with Crippen molar-refractivity contribution in [2.75, 3.05) is 0 Å². The molecule has 10 nitrogen and oxygen atoms in total. The average Bonchev–Trinajstić information content (AvgIpc) is 1.55. The van der Waals surface area contributed by atoms with Crippen molar-refractivity contribution in [1.82, 2.24) is 43.6 Å². The van der Waals surface area contributed by atoms with E-state index in [1.807, 2.05) is 61.4 Å². The molecule has 0 fully saturated rings. The van der Waals surface area contributed by atoms with Gasteiger partial charge in [0.25, 0.3) is 0 Å². The molecule has 682 valence electrons. The van der Waals surface area contributed by atoms with Crippen molar-refractivity contribution in [3.63, 3.8) is 0 Å². The maximum absolute atomic E-state index is 6.44. The first-order chi connectivity index (χ1) is 71.2. The van der Waals surface area contributed by atoms with Crippen molar-refractivity contribution < 1.29 is 4.42 Å². The normalized spacial score (nSPS) is 13.5. The maximum Gasteiger partial charge on any atom is 0.135 e. The zero-order chi connectivity index (χ0) is 96.4. The quantitative estimate of drug-likeness (QED) is 0.140. The van der Waals surface area contributed by atoms with Gasteiger partial charge in [-0.3, -0.25) is 29.9 Å². The summed E-state index contributed by atoms with van der Waals surface area (Å²) >= 11 is 0. The van der Waals surface area contributed by atoms with Crippen LogP contribution in [0.15, 0.2) is 448 Å². The van der Waals surface area contributed by atoms with Gasteiger partial charge >= 0.3 is 0 Å². The minimum Gasteiger partial charge on any atom is -0.456 e. The van der Waals surface area contributed by atoms with E-state index in [-0.39, 0.29) is 16.2 Å². The summed E-state index contributed by atoms with van der Waals surface area (Å²) in [6, 6.07) is 148. The number of aromatic nitrogens is 9. The largest absolute Gasteiger partial charge is 0.456 e. The van der Waals surface area contributed by atoms with Gasteiger partial charge < -0.3 is 18.1 Å². The summed E-state index contributed by atoms with van der Waals surface area (Å²) in [6.07, 6.45) is 11.4. The van der Waals surface area contributed by atoms with Crippen LogP contribution in [0.4, 0.5) is 0 Å². The van der Waals surface area contributed by atoms with Crippen LogP contribution < -0.4 is 0 Å². The molecule has 0 bridgehead atoms. The molecule has 0 saturated carbocycles. The van der Waals surface area contributed by atoms with Gasteiger partial charge in [-0.15, -0.1) is 0 Å². The third-order valence-electron chi connectivity index (χ3n) is 31.8. The van der Waals surface area contributed by atoms with Crippen LogP contribution in [0.5, 0.6) is 0 Å². The fourth-order valence-electron chi connectivity index (χ4n) is 24.8. The van der Waals surface area contributed by atoms with Crippen LogP contribution in [0.1, 0.15) is 74.9 Å². The molecule has 0 saturated heterocycles. The van der Waals surface area contributed by atoms with Crippen molar-refractivity contribution in [1.29, 1.82) is 0 Å². The van der Waals surface area contributed by atoms with Crippen LogP contribution >= 0.6 is 0 Å². The molecule has 10 heterocycles. The number of hydrogen-bond acceptors (Lipinski definition) is 7. The lowest BCUT2D eigenvalue weighted by Gasteiger charge is -2.21.